The minimum atomic E-state index is -0.588. The predicted octanol–water partition coefficient (Wildman–Crippen LogP) is 2.19. The van der Waals surface area contributed by atoms with Gasteiger partial charge in [0.15, 0.2) is 0 Å². The summed E-state index contributed by atoms with van der Waals surface area (Å²) in [4.78, 5) is 13.4. The van der Waals surface area contributed by atoms with E-state index in [1.807, 2.05) is 6.92 Å². The van der Waals surface area contributed by atoms with Crippen molar-refractivity contribution in [2.45, 2.75) is 52.1 Å². The number of rotatable bonds is 7. The molecular weight excluding hydrogens is 180 g/mol. The number of hydrogen-bond donors (Lipinski definition) is 0. The van der Waals surface area contributed by atoms with Crippen LogP contribution in [0.2, 0.25) is 0 Å². The number of hydrogen-bond acceptors (Lipinski definition) is 2. The average Bonchev–Trinajstić information content (AvgIpc) is 2.13. The van der Waals surface area contributed by atoms with Crippen LogP contribution >= 0.6 is 0 Å². The second kappa shape index (κ2) is 8.45. The number of esters is 1. The third-order valence-corrected chi connectivity index (χ3v) is 1.94. The zero-order valence-electron chi connectivity index (χ0n) is 8.90. The number of ether oxygens (including phenoxy) is 1. The molecule has 0 saturated heterocycles. The first-order valence-electron chi connectivity index (χ1n) is 5.08. The molecule has 1 unspecified atom stereocenters. The summed E-state index contributed by atoms with van der Waals surface area (Å²) in [6.45, 7) is 4.00. The zero-order chi connectivity index (χ0) is 10.8. The summed E-state index contributed by atoms with van der Waals surface area (Å²) in [5.41, 5.74) is 8.06. The molecule has 0 saturated carbocycles. The van der Waals surface area contributed by atoms with Gasteiger partial charge >= 0.3 is 12.2 Å². The molecule has 0 aromatic heterocycles. The molecule has 0 N–H and O–H groups in total. The van der Waals surface area contributed by atoms with Crippen LogP contribution in [0.15, 0.2) is 0 Å². The van der Waals surface area contributed by atoms with Crippen LogP contribution in [0, 0.1) is 0 Å². The van der Waals surface area contributed by atoms with E-state index in [1.54, 1.807) is 0 Å². The Morgan fingerprint density at radius 2 is 2.21 bits per heavy atom. The van der Waals surface area contributed by atoms with Gasteiger partial charge in [0, 0.05) is 0 Å². The molecule has 0 fully saturated rings. The van der Waals surface area contributed by atoms with E-state index in [2.05, 4.69) is 11.7 Å². The lowest BCUT2D eigenvalue weighted by Crippen LogP contribution is -2.15. The van der Waals surface area contributed by atoms with E-state index in [9.17, 15) is 4.79 Å². The van der Waals surface area contributed by atoms with Crippen molar-refractivity contribution >= 4 is 12.2 Å². The molecule has 0 bridgehead atoms. The quantitative estimate of drug-likeness (QED) is 0.207. The van der Waals surface area contributed by atoms with Crippen LogP contribution in [0.5, 0.6) is 0 Å². The normalized spacial score (nSPS) is 11.6. The number of carbonyl (C=O) groups excluding carboxylic acids is 1. The lowest BCUT2D eigenvalue weighted by atomic mass is 10.1. The monoisotopic (exact) mass is 198 g/mol. The van der Waals surface area contributed by atoms with E-state index in [-0.39, 0.29) is 6.10 Å². The van der Waals surface area contributed by atoms with E-state index < -0.39 is 5.97 Å². The van der Waals surface area contributed by atoms with E-state index >= 15 is 0 Å². The van der Waals surface area contributed by atoms with Crippen molar-refractivity contribution < 1.29 is 14.3 Å². The van der Waals surface area contributed by atoms with Gasteiger partial charge in [0.2, 0.25) is 0 Å². The Labute approximate surface area is 84.9 Å². The summed E-state index contributed by atoms with van der Waals surface area (Å²) >= 11 is 0. The van der Waals surface area contributed by atoms with E-state index in [4.69, 9.17) is 10.3 Å². The highest BCUT2D eigenvalue weighted by Crippen LogP contribution is 2.07. The Hall–Kier alpha value is -1.15. The molecule has 0 aliphatic heterocycles. The first kappa shape index (κ1) is 12.8. The maximum absolute atomic E-state index is 10.8. The van der Waals surface area contributed by atoms with Gasteiger partial charge in [-0.1, -0.05) is 26.2 Å². The Balaban J connectivity index is 3.49. The van der Waals surface area contributed by atoms with E-state index in [1.165, 1.54) is 19.3 Å². The minimum absolute atomic E-state index is 0.0997. The fourth-order valence-corrected chi connectivity index (χ4v) is 1.19. The molecule has 0 radical (unpaired) electrons. The van der Waals surface area contributed by atoms with Crippen molar-refractivity contribution in [3.8, 4) is 0 Å². The van der Waals surface area contributed by atoms with Gasteiger partial charge in [0.25, 0.3) is 0 Å². The average molecular weight is 198 g/mol. The largest absolute Gasteiger partial charge is 0.454 e. The Morgan fingerprint density at radius 1 is 1.50 bits per heavy atom. The van der Waals surface area contributed by atoms with Crippen LogP contribution in [0.25, 0.3) is 5.53 Å². The van der Waals surface area contributed by atoms with E-state index in [0.717, 1.165) is 19.1 Å². The van der Waals surface area contributed by atoms with Gasteiger partial charge in [0.1, 0.15) is 0 Å². The van der Waals surface area contributed by atoms with Crippen molar-refractivity contribution in [2.75, 3.05) is 0 Å². The first-order valence-corrected chi connectivity index (χ1v) is 5.08. The van der Waals surface area contributed by atoms with Crippen LogP contribution in [0.4, 0.5) is 0 Å². The highest BCUT2D eigenvalue weighted by molar-refractivity contribution is 6.20. The third kappa shape index (κ3) is 7.50. The SMILES string of the molecule is CCCCCCC(C)OC(=O)C=[N+]=[N-]. The summed E-state index contributed by atoms with van der Waals surface area (Å²) in [7, 11) is 0. The van der Waals surface area contributed by atoms with Gasteiger partial charge in [0.05, 0.1) is 6.10 Å². The second-order valence-corrected chi connectivity index (χ2v) is 3.34. The van der Waals surface area contributed by atoms with Gasteiger partial charge < -0.3 is 10.3 Å². The zero-order valence-corrected chi connectivity index (χ0v) is 8.90. The molecule has 80 valence electrons. The Kier molecular flexibility index (Phi) is 7.75. The fraction of sp³-hybridized carbons (Fsp3) is 0.800. The summed E-state index contributed by atoms with van der Waals surface area (Å²) in [6.07, 6.45) is 6.19. The second-order valence-electron chi connectivity index (χ2n) is 3.34. The molecular formula is C10H18N2O2. The van der Waals surface area contributed by atoms with Crippen LogP contribution in [0.1, 0.15) is 46.0 Å². The fourth-order valence-electron chi connectivity index (χ4n) is 1.19. The highest BCUT2D eigenvalue weighted by atomic mass is 16.5. The summed E-state index contributed by atoms with van der Waals surface area (Å²) in [5, 5.41) is 0. The van der Waals surface area contributed by atoms with Crippen molar-refractivity contribution in [1.82, 2.24) is 0 Å². The summed E-state index contributed by atoms with van der Waals surface area (Å²) < 4.78 is 4.92. The molecule has 0 aliphatic rings. The molecule has 0 rings (SSSR count). The van der Waals surface area contributed by atoms with Gasteiger partial charge in [-0.05, 0) is 19.8 Å². The van der Waals surface area contributed by atoms with Gasteiger partial charge in [-0.2, -0.15) is 4.79 Å². The standard InChI is InChI=1S/C10H18N2O2/c1-3-4-5-6-7-9(2)14-10(13)8-12-11/h8-9H,3-7H2,1-2H3. The molecule has 0 aromatic rings. The molecule has 0 spiro atoms. The predicted molar refractivity (Wildman–Crippen MR) is 54.0 cm³/mol. The van der Waals surface area contributed by atoms with E-state index in [0.29, 0.717) is 0 Å². The highest BCUT2D eigenvalue weighted by Gasteiger charge is 2.09. The van der Waals surface area contributed by atoms with Crippen molar-refractivity contribution in [1.29, 1.82) is 0 Å². The summed E-state index contributed by atoms with van der Waals surface area (Å²) in [5.74, 6) is -0.588. The first-order chi connectivity index (χ1) is 6.70. The van der Waals surface area contributed by atoms with Gasteiger partial charge in [-0.3, -0.25) is 0 Å². The molecule has 14 heavy (non-hydrogen) atoms. The number of nitrogens with zero attached hydrogens (tertiary/aromatic N) is 2. The number of carbonyl (C=O) groups is 1. The molecule has 1 atom stereocenters. The third-order valence-electron chi connectivity index (χ3n) is 1.94. The number of unbranched alkanes of at least 4 members (excludes halogenated alkanes) is 3. The molecule has 4 heteroatoms. The lowest BCUT2D eigenvalue weighted by molar-refractivity contribution is -0.143. The van der Waals surface area contributed by atoms with Crippen molar-refractivity contribution in [3.05, 3.63) is 5.53 Å². The van der Waals surface area contributed by atoms with Gasteiger partial charge in [-0.25, -0.2) is 4.79 Å². The maximum atomic E-state index is 10.8. The van der Waals surface area contributed by atoms with Crippen LogP contribution in [-0.2, 0) is 9.53 Å². The Bertz CT molecular complexity index is 210. The molecule has 4 nitrogen and oxygen atoms in total. The summed E-state index contributed by atoms with van der Waals surface area (Å²) in [6, 6.07) is 0. The van der Waals surface area contributed by atoms with Crippen LogP contribution in [-0.4, -0.2) is 23.1 Å². The topological polar surface area (TPSA) is 62.7 Å². The molecule has 0 amide bonds. The maximum Gasteiger partial charge on any atom is 0.413 e. The van der Waals surface area contributed by atoms with Crippen molar-refractivity contribution in [3.63, 3.8) is 0 Å². The minimum Gasteiger partial charge on any atom is -0.454 e. The molecule has 0 heterocycles. The van der Waals surface area contributed by atoms with Crippen LogP contribution in [0.3, 0.4) is 0 Å². The van der Waals surface area contributed by atoms with Gasteiger partial charge in [-0.15, -0.1) is 0 Å². The molecule has 0 aliphatic carbocycles. The van der Waals surface area contributed by atoms with Crippen molar-refractivity contribution in [2.24, 2.45) is 0 Å². The lowest BCUT2D eigenvalue weighted by Gasteiger charge is -2.09. The van der Waals surface area contributed by atoms with Crippen LogP contribution < -0.4 is 0 Å². The smallest absolute Gasteiger partial charge is 0.413 e. The Morgan fingerprint density at radius 3 is 2.79 bits per heavy atom. The molecule has 0 aromatic carbocycles.